The van der Waals surface area contributed by atoms with Crippen molar-refractivity contribution >= 4 is 11.5 Å². The summed E-state index contributed by atoms with van der Waals surface area (Å²) in [4.78, 5) is 0. The maximum atomic E-state index is 3.99. The molecule has 0 saturated carbocycles. The van der Waals surface area contributed by atoms with E-state index in [4.69, 9.17) is 0 Å². The number of nitrogens with zero attached hydrogens (tertiary/aromatic N) is 2. The maximum absolute atomic E-state index is 3.99. The number of rotatable bonds is 6. The highest BCUT2D eigenvalue weighted by atomic mass is 32.1. The quantitative estimate of drug-likeness (QED) is 0.788. The fourth-order valence-corrected chi connectivity index (χ4v) is 1.84. The zero-order valence-corrected chi connectivity index (χ0v) is 9.97. The first-order valence-corrected chi connectivity index (χ1v) is 6.05. The second kappa shape index (κ2) is 6.09. The molecule has 0 radical (unpaired) electrons. The van der Waals surface area contributed by atoms with Gasteiger partial charge < -0.3 is 5.32 Å². The van der Waals surface area contributed by atoms with Gasteiger partial charge in [0.1, 0.15) is 0 Å². The van der Waals surface area contributed by atoms with Gasteiger partial charge in [-0.3, -0.25) is 0 Å². The van der Waals surface area contributed by atoms with Crippen LogP contribution in [0, 0.1) is 5.92 Å². The van der Waals surface area contributed by atoms with Gasteiger partial charge in [-0.25, -0.2) is 0 Å². The lowest BCUT2D eigenvalue weighted by Crippen LogP contribution is -2.27. The lowest BCUT2D eigenvalue weighted by molar-refractivity contribution is 0.410. The molecule has 0 amide bonds. The van der Waals surface area contributed by atoms with Crippen molar-refractivity contribution in [2.45, 2.75) is 46.2 Å². The van der Waals surface area contributed by atoms with Crippen LogP contribution in [-0.4, -0.2) is 15.6 Å². The van der Waals surface area contributed by atoms with E-state index in [1.165, 1.54) is 24.4 Å². The molecule has 1 aromatic rings. The summed E-state index contributed by atoms with van der Waals surface area (Å²) in [6, 6.07) is 0.562. The fraction of sp³-hybridized carbons (Fsp3) is 0.800. The van der Waals surface area contributed by atoms with Crippen LogP contribution in [0.3, 0.4) is 0 Å². The van der Waals surface area contributed by atoms with Crippen LogP contribution in [0.1, 0.15) is 39.3 Å². The van der Waals surface area contributed by atoms with Gasteiger partial charge in [-0.15, -0.1) is 5.10 Å². The van der Waals surface area contributed by atoms with Crippen LogP contribution in [-0.2, 0) is 6.54 Å². The van der Waals surface area contributed by atoms with Crippen molar-refractivity contribution in [2.75, 3.05) is 0 Å². The Labute approximate surface area is 90.1 Å². The third-order valence-electron chi connectivity index (χ3n) is 2.49. The molecule has 4 heteroatoms. The van der Waals surface area contributed by atoms with Crippen LogP contribution in [0.25, 0.3) is 0 Å². The van der Waals surface area contributed by atoms with Crippen LogP contribution >= 0.6 is 11.5 Å². The van der Waals surface area contributed by atoms with Crippen molar-refractivity contribution in [1.82, 2.24) is 14.9 Å². The fourth-order valence-electron chi connectivity index (χ4n) is 1.39. The highest BCUT2D eigenvalue weighted by Crippen LogP contribution is 2.09. The monoisotopic (exact) mass is 213 g/mol. The third-order valence-corrected chi connectivity index (χ3v) is 3.04. The topological polar surface area (TPSA) is 37.8 Å². The summed E-state index contributed by atoms with van der Waals surface area (Å²) in [6.07, 6.45) is 2.48. The molecule has 1 N–H and O–H groups in total. The molecular weight excluding hydrogens is 194 g/mol. The first-order valence-electron chi connectivity index (χ1n) is 5.21. The first-order chi connectivity index (χ1) is 6.72. The van der Waals surface area contributed by atoms with Crippen molar-refractivity contribution in [2.24, 2.45) is 5.92 Å². The van der Waals surface area contributed by atoms with Gasteiger partial charge in [-0.05, 0) is 30.8 Å². The molecule has 80 valence electrons. The predicted octanol–water partition coefficient (Wildman–Crippen LogP) is 2.45. The van der Waals surface area contributed by atoms with Crippen LogP contribution in [0.2, 0.25) is 0 Å². The molecule has 0 spiro atoms. The van der Waals surface area contributed by atoms with Crippen LogP contribution < -0.4 is 5.32 Å². The van der Waals surface area contributed by atoms with E-state index in [1.54, 1.807) is 0 Å². The highest BCUT2D eigenvalue weighted by Gasteiger charge is 2.06. The molecule has 1 heterocycles. The zero-order chi connectivity index (χ0) is 10.4. The van der Waals surface area contributed by atoms with Gasteiger partial charge in [0.15, 0.2) is 0 Å². The number of hydrogen-bond donors (Lipinski definition) is 1. The Hall–Kier alpha value is -0.480. The molecule has 1 rings (SSSR count). The summed E-state index contributed by atoms with van der Waals surface area (Å²) >= 11 is 1.41. The van der Waals surface area contributed by atoms with E-state index in [0.29, 0.717) is 6.04 Å². The van der Waals surface area contributed by atoms with Crippen molar-refractivity contribution in [3.05, 3.63) is 11.1 Å². The average Bonchev–Trinajstić information content (AvgIpc) is 2.67. The van der Waals surface area contributed by atoms with Gasteiger partial charge in [0.2, 0.25) is 0 Å². The summed E-state index contributed by atoms with van der Waals surface area (Å²) in [5, 5.41) is 9.44. The molecule has 0 aliphatic rings. The maximum Gasteiger partial charge on any atom is 0.0893 e. The number of aromatic nitrogens is 2. The molecule has 0 bridgehead atoms. The molecule has 0 fully saturated rings. The van der Waals surface area contributed by atoms with Crippen molar-refractivity contribution in [1.29, 1.82) is 0 Å². The van der Waals surface area contributed by atoms with Gasteiger partial charge in [0, 0.05) is 18.0 Å². The molecule has 0 aliphatic heterocycles. The summed E-state index contributed by atoms with van der Waals surface area (Å²) in [5.74, 6) is 0.797. The molecule has 0 aliphatic carbocycles. The Kier molecular flexibility index (Phi) is 5.04. The van der Waals surface area contributed by atoms with E-state index >= 15 is 0 Å². The van der Waals surface area contributed by atoms with E-state index in [9.17, 15) is 0 Å². The molecule has 1 aromatic heterocycles. The normalized spacial score (nSPS) is 15.4. The van der Waals surface area contributed by atoms with Gasteiger partial charge in [-0.2, -0.15) is 0 Å². The highest BCUT2D eigenvalue weighted by molar-refractivity contribution is 7.03. The van der Waals surface area contributed by atoms with Gasteiger partial charge in [0.05, 0.1) is 5.69 Å². The van der Waals surface area contributed by atoms with Crippen molar-refractivity contribution in [3.8, 4) is 0 Å². The standard InChI is InChI=1S/C10H19N3S/c1-4-8(2)5-9(3)11-6-10-7-14-13-12-10/h7-9,11H,4-6H2,1-3H3. The van der Waals surface area contributed by atoms with E-state index in [1.807, 2.05) is 5.38 Å². The first kappa shape index (κ1) is 11.6. The predicted molar refractivity (Wildman–Crippen MR) is 60.3 cm³/mol. The number of hydrogen-bond acceptors (Lipinski definition) is 4. The van der Waals surface area contributed by atoms with Gasteiger partial charge in [0.25, 0.3) is 0 Å². The molecular formula is C10H19N3S. The Bertz CT molecular complexity index is 236. The lowest BCUT2D eigenvalue weighted by atomic mass is 10.0. The van der Waals surface area contributed by atoms with E-state index in [-0.39, 0.29) is 0 Å². The molecule has 0 saturated heterocycles. The van der Waals surface area contributed by atoms with Crippen molar-refractivity contribution < 1.29 is 0 Å². The summed E-state index contributed by atoms with van der Waals surface area (Å²) < 4.78 is 3.83. The summed E-state index contributed by atoms with van der Waals surface area (Å²) in [6.45, 7) is 7.60. The van der Waals surface area contributed by atoms with E-state index in [2.05, 4.69) is 35.7 Å². The van der Waals surface area contributed by atoms with E-state index in [0.717, 1.165) is 18.2 Å². The second-order valence-electron chi connectivity index (χ2n) is 3.93. The molecule has 2 atom stereocenters. The molecule has 0 aromatic carbocycles. The number of nitrogens with one attached hydrogen (secondary N) is 1. The Balaban J connectivity index is 2.18. The smallest absolute Gasteiger partial charge is 0.0893 e. The Morgan fingerprint density at radius 3 is 2.86 bits per heavy atom. The average molecular weight is 213 g/mol. The minimum absolute atomic E-state index is 0.562. The third kappa shape index (κ3) is 4.15. The van der Waals surface area contributed by atoms with Gasteiger partial charge in [-0.1, -0.05) is 24.8 Å². The SMILES string of the molecule is CCC(C)CC(C)NCc1csnn1. The Morgan fingerprint density at radius 2 is 2.29 bits per heavy atom. The molecule has 3 nitrogen and oxygen atoms in total. The summed E-state index contributed by atoms with van der Waals surface area (Å²) in [7, 11) is 0. The van der Waals surface area contributed by atoms with Crippen LogP contribution in [0.15, 0.2) is 5.38 Å². The molecule has 14 heavy (non-hydrogen) atoms. The molecule has 2 unspecified atom stereocenters. The summed E-state index contributed by atoms with van der Waals surface area (Å²) in [5.41, 5.74) is 1.05. The van der Waals surface area contributed by atoms with Crippen LogP contribution in [0.4, 0.5) is 0 Å². The van der Waals surface area contributed by atoms with E-state index < -0.39 is 0 Å². The van der Waals surface area contributed by atoms with Gasteiger partial charge >= 0.3 is 0 Å². The lowest BCUT2D eigenvalue weighted by Gasteiger charge is -2.16. The Morgan fingerprint density at radius 1 is 1.50 bits per heavy atom. The van der Waals surface area contributed by atoms with Crippen molar-refractivity contribution in [3.63, 3.8) is 0 Å². The second-order valence-corrected chi connectivity index (χ2v) is 4.54. The zero-order valence-electron chi connectivity index (χ0n) is 9.16. The minimum Gasteiger partial charge on any atom is -0.309 e. The minimum atomic E-state index is 0.562. The largest absolute Gasteiger partial charge is 0.309 e. The van der Waals surface area contributed by atoms with Crippen LogP contribution in [0.5, 0.6) is 0 Å².